The highest BCUT2D eigenvalue weighted by atomic mass is 15.0. The van der Waals surface area contributed by atoms with Crippen molar-refractivity contribution in [3.63, 3.8) is 0 Å². The van der Waals surface area contributed by atoms with E-state index in [4.69, 9.17) is 0 Å². The van der Waals surface area contributed by atoms with Gasteiger partial charge in [0.25, 0.3) is 0 Å². The molecular formula is C45H25N5. The number of fused-ring (bicyclic) bond motifs is 6. The predicted octanol–water partition coefficient (Wildman–Crippen LogP) is 10.8. The number of hydrogen-bond acceptors (Lipinski definition) is 3. The minimum Gasteiger partial charge on any atom is -0.309 e. The number of aromatic nitrogens is 2. The summed E-state index contributed by atoms with van der Waals surface area (Å²) < 4.78 is 4.39. The minimum absolute atomic E-state index is 0.547. The predicted molar refractivity (Wildman–Crippen MR) is 200 cm³/mol. The van der Waals surface area contributed by atoms with Gasteiger partial charge >= 0.3 is 0 Å². The number of para-hydroxylation sites is 3. The van der Waals surface area contributed by atoms with Gasteiger partial charge in [0.1, 0.15) is 6.07 Å². The largest absolute Gasteiger partial charge is 0.309 e. The van der Waals surface area contributed by atoms with E-state index in [0.29, 0.717) is 16.7 Å². The molecule has 0 saturated heterocycles. The van der Waals surface area contributed by atoms with Crippen LogP contribution in [0, 0.1) is 34.0 Å². The molecule has 2 aromatic heterocycles. The summed E-state index contributed by atoms with van der Waals surface area (Å²) in [4.78, 5) is 0. The van der Waals surface area contributed by atoms with Gasteiger partial charge in [-0.1, -0.05) is 84.9 Å². The second kappa shape index (κ2) is 11.4. The van der Waals surface area contributed by atoms with Crippen LogP contribution in [0.3, 0.4) is 0 Å². The van der Waals surface area contributed by atoms with Crippen molar-refractivity contribution in [2.45, 2.75) is 0 Å². The van der Waals surface area contributed by atoms with Crippen molar-refractivity contribution < 1.29 is 0 Å². The zero-order chi connectivity index (χ0) is 33.8. The van der Waals surface area contributed by atoms with E-state index in [-0.39, 0.29) is 0 Å². The quantitative estimate of drug-likeness (QED) is 0.193. The average molecular weight is 636 g/mol. The Hall–Kier alpha value is -7.39. The molecule has 9 rings (SSSR count). The van der Waals surface area contributed by atoms with Crippen LogP contribution < -0.4 is 0 Å². The van der Waals surface area contributed by atoms with Crippen molar-refractivity contribution in [1.29, 1.82) is 15.8 Å². The molecule has 5 nitrogen and oxygen atoms in total. The van der Waals surface area contributed by atoms with Crippen LogP contribution in [0.25, 0.3) is 77.2 Å². The van der Waals surface area contributed by atoms with Crippen molar-refractivity contribution >= 4 is 43.6 Å². The Bertz CT molecular complexity index is 2920. The maximum Gasteiger partial charge on any atom is 0.101 e. The Morgan fingerprint density at radius 1 is 0.360 bits per heavy atom. The third kappa shape index (κ3) is 4.31. The van der Waals surface area contributed by atoms with Gasteiger partial charge in [-0.15, -0.1) is 0 Å². The van der Waals surface area contributed by atoms with Crippen molar-refractivity contribution in [3.05, 3.63) is 168 Å². The summed E-state index contributed by atoms with van der Waals surface area (Å²) in [6.07, 6.45) is 0. The lowest BCUT2D eigenvalue weighted by Crippen LogP contribution is -2.00. The molecule has 230 valence electrons. The fourth-order valence-corrected chi connectivity index (χ4v) is 7.46. The maximum atomic E-state index is 10.6. The van der Waals surface area contributed by atoms with E-state index in [1.54, 1.807) is 0 Å². The topological polar surface area (TPSA) is 81.2 Å². The fraction of sp³-hybridized carbons (Fsp3) is 0. The van der Waals surface area contributed by atoms with Crippen LogP contribution >= 0.6 is 0 Å². The van der Waals surface area contributed by atoms with E-state index in [9.17, 15) is 15.8 Å². The van der Waals surface area contributed by atoms with Crippen LogP contribution in [0.15, 0.2) is 152 Å². The van der Waals surface area contributed by atoms with Gasteiger partial charge in [-0.25, -0.2) is 0 Å². The van der Waals surface area contributed by atoms with Crippen LogP contribution in [0.4, 0.5) is 0 Å². The van der Waals surface area contributed by atoms with Gasteiger partial charge in [0, 0.05) is 27.1 Å². The van der Waals surface area contributed by atoms with Crippen LogP contribution in [0.5, 0.6) is 0 Å². The molecule has 50 heavy (non-hydrogen) atoms. The molecule has 0 aliphatic heterocycles. The summed E-state index contributed by atoms with van der Waals surface area (Å²) >= 11 is 0. The molecule has 5 heteroatoms. The third-order valence-corrected chi connectivity index (χ3v) is 9.63. The Balaban J connectivity index is 1.27. The molecular weight excluding hydrogens is 611 g/mol. The van der Waals surface area contributed by atoms with E-state index >= 15 is 0 Å². The average Bonchev–Trinajstić information content (AvgIpc) is 3.70. The van der Waals surface area contributed by atoms with Gasteiger partial charge in [-0.3, -0.25) is 0 Å². The molecule has 0 bridgehead atoms. The minimum atomic E-state index is 0.547. The van der Waals surface area contributed by atoms with Crippen molar-refractivity contribution in [1.82, 2.24) is 9.13 Å². The maximum absolute atomic E-state index is 10.6. The van der Waals surface area contributed by atoms with E-state index in [2.05, 4.69) is 81.9 Å². The highest BCUT2D eigenvalue weighted by Crippen LogP contribution is 2.41. The summed E-state index contributed by atoms with van der Waals surface area (Å²) in [5.74, 6) is 0. The Labute approximate surface area is 287 Å². The first kappa shape index (κ1) is 28.8. The molecule has 0 radical (unpaired) electrons. The molecule has 0 N–H and O–H groups in total. The molecule has 0 atom stereocenters. The number of benzene rings is 7. The van der Waals surface area contributed by atoms with Gasteiger partial charge in [0.2, 0.25) is 0 Å². The highest BCUT2D eigenvalue weighted by Gasteiger charge is 2.20. The van der Waals surface area contributed by atoms with Crippen LogP contribution in [0.2, 0.25) is 0 Å². The van der Waals surface area contributed by atoms with E-state index in [1.165, 1.54) is 0 Å². The van der Waals surface area contributed by atoms with Crippen LogP contribution in [0.1, 0.15) is 16.7 Å². The Morgan fingerprint density at radius 2 is 0.860 bits per heavy atom. The molecule has 0 spiro atoms. The van der Waals surface area contributed by atoms with Gasteiger partial charge in [-0.2, -0.15) is 15.8 Å². The summed E-state index contributed by atoms with van der Waals surface area (Å²) in [6.45, 7) is 0. The summed E-state index contributed by atoms with van der Waals surface area (Å²) in [6, 6.07) is 57.7. The normalized spacial score (nSPS) is 11.1. The number of rotatable bonds is 4. The first-order chi connectivity index (χ1) is 24.7. The lowest BCUT2D eigenvalue weighted by molar-refractivity contribution is 1.17. The van der Waals surface area contributed by atoms with Crippen molar-refractivity contribution in [2.24, 2.45) is 0 Å². The smallest absolute Gasteiger partial charge is 0.101 e. The molecule has 7 aromatic carbocycles. The molecule has 2 heterocycles. The Kier molecular flexibility index (Phi) is 6.56. The summed E-state index contributed by atoms with van der Waals surface area (Å²) in [5, 5.41) is 34.6. The standard InChI is InChI=1S/C45H25N5/c46-26-29-17-20-44(50-43-16-8-5-13-37(43)39-24-30(27-47)18-21-45(39)50)38(23-29)34-10-2-1-9-33(34)31-19-22-40(32(25-31)28-48)49-41-14-6-3-11-35(41)36-12-4-7-15-42(36)49/h1-25H. The summed E-state index contributed by atoms with van der Waals surface area (Å²) in [5.41, 5.74) is 11.2. The number of nitrogens with zero attached hydrogens (tertiary/aromatic N) is 5. The SMILES string of the molecule is N#Cc1ccc(-n2c3ccccc3c3cc(C#N)ccc32)c(-c2ccccc2-c2ccc(-n3c4ccccc4c4ccccc43)c(C#N)c2)c1. The molecule has 0 amide bonds. The van der Waals surface area contributed by atoms with Crippen LogP contribution in [-0.2, 0) is 0 Å². The third-order valence-electron chi connectivity index (χ3n) is 9.63. The molecule has 0 aliphatic rings. The highest BCUT2D eigenvalue weighted by molar-refractivity contribution is 6.11. The van der Waals surface area contributed by atoms with Crippen LogP contribution in [-0.4, -0.2) is 9.13 Å². The molecule has 9 aromatic rings. The summed E-state index contributed by atoms with van der Waals surface area (Å²) in [7, 11) is 0. The lowest BCUT2D eigenvalue weighted by atomic mass is 9.91. The second-order valence-corrected chi connectivity index (χ2v) is 12.3. The van der Waals surface area contributed by atoms with Gasteiger partial charge in [-0.05, 0) is 83.4 Å². The first-order valence-corrected chi connectivity index (χ1v) is 16.3. The Morgan fingerprint density at radius 3 is 1.50 bits per heavy atom. The number of hydrogen-bond donors (Lipinski definition) is 0. The van der Waals surface area contributed by atoms with E-state index in [0.717, 1.165) is 77.2 Å². The molecule has 0 unspecified atom stereocenters. The zero-order valence-corrected chi connectivity index (χ0v) is 26.7. The monoisotopic (exact) mass is 635 g/mol. The first-order valence-electron chi connectivity index (χ1n) is 16.3. The number of nitriles is 3. The van der Waals surface area contributed by atoms with Gasteiger partial charge in [0.05, 0.1) is 62.3 Å². The van der Waals surface area contributed by atoms with Gasteiger partial charge in [0.15, 0.2) is 0 Å². The molecule has 0 aliphatic carbocycles. The lowest BCUT2D eigenvalue weighted by Gasteiger charge is -2.18. The fourth-order valence-electron chi connectivity index (χ4n) is 7.46. The molecule has 0 saturated carbocycles. The second-order valence-electron chi connectivity index (χ2n) is 12.3. The molecule has 0 fully saturated rings. The van der Waals surface area contributed by atoms with Crippen molar-refractivity contribution in [3.8, 4) is 51.8 Å². The van der Waals surface area contributed by atoms with E-state index < -0.39 is 0 Å². The zero-order valence-electron chi connectivity index (χ0n) is 26.7. The van der Waals surface area contributed by atoms with E-state index in [1.807, 2.05) is 97.1 Å². The van der Waals surface area contributed by atoms with Crippen molar-refractivity contribution in [2.75, 3.05) is 0 Å². The van der Waals surface area contributed by atoms with Gasteiger partial charge < -0.3 is 9.13 Å².